The van der Waals surface area contributed by atoms with Gasteiger partial charge in [-0.05, 0) is 48.4 Å². The standard InChI is InChI=1S/C24H26N6O3S/c1-17-3-6-19(15-22(17)28-34(2,31)32)26-23-9-10-30-24(27-23)21(16-25-30)18-4-7-20(8-5-18)29-11-13-33-14-12-29/h3-10,15-16,28H,11-14H2,1-2H3,(H,26,27). The van der Waals surface area contributed by atoms with Crippen molar-refractivity contribution in [2.24, 2.45) is 0 Å². The molecule has 5 rings (SSSR count). The molecule has 1 aliphatic heterocycles. The summed E-state index contributed by atoms with van der Waals surface area (Å²) in [5.74, 6) is 0.633. The number of aromatic nitrogens is 3. The van der Waals surface area contributed by atoms with E-state index in [1.807, 2.05) is 37.5 Å². The van der Waals surface area contributed by atoms with Crippen molar-refractivity contribution in [2.45, 2.75) is 6.92 Å². The fourth-order valence-electron chi connectivity index (χ4n) is 3.97. The summed E-state index contributed by atoms with van der Waals surface area (Å²) in [6.07, 6.45) is 4.80. The van der Waals surface area contributed by atoms with E-state index >= 15 is 0 Å². The van der Waals surface area contributed by atoms with Crippen LogP contribution < -0.4 is 14.9 Å². The number of morpholine rings is 1. The Balaban J connectivity index is 1.41. The van der Waals surface area contributed by atoms with E-state index in [0.717, 1.165) is 60.6 Å². The van der Waals surface area contributed by atoms with Crippen LogP contribution in [0.3, 0.4) is 0 Å². The smallest absolute Gasteiger partial charge is 0.229 e. The third kappa shape index (κ3) is 4.82. The van der Waals surface area contributed by atoms with Crippen LogP contribution in [-0.2, 0) is 14.8 Å². The molecule has 2 aromatic carbocycles. The normalized spacial score (nSPS) is 14.4. The molecule has 3 heterocycles. The summed E-state index contributed by atoms with van der Waals surface area (Å²) in [5.41, 5.74) is 5.95. The Kier molecular flexibility index (Phi) is 5.84. The molecule has 0 bridgehead atoms. The highest BCUT2D eigenvalue weighted by atomic mass is 32.2. The SMILES string of the molecule is Cc1ccc(Nc2ccn3ncc(-c4ccc(N5CCOCC5)cc4)c3n2)cc1NS(C)(=O)=O. The van der Waals surface area contributed by atoms with Gasteiger partial charge in [0.05, 0.1) is 31.4 Å². The first-order valence-electron chi connectivity index (χ1n) is 11.0. The molecule has 0 aliphatic carbocycles. The van der Waals surface area contributed by atoms with E-state index in [4.69, 9.17) is 9.72 Å². The maximum Gasteiger partial charge on any atom is 0.229 e. The van der Waals surface area contributed by atoms with Crippen molar-refractivity contribution in [2.75, 3.05) is 47.5 Å². The van der Waals surface area contributed by atoms with Gasteiger partial charge in [-0.25, -0.2) is 17.9 Å². The highest BCUT2D eigenvalue weighted by Crippen LogP contribution is 2.28. The Bertz CT molecular complexity index is 1430. The van der Waals surface area contributed by atoms with Crippen LogP contribution in [0.4, 0.5) is 22.9 Å². The number of rotatable bonds is 6. The predicted molar refractivity (Wildman–Crippen MR) is 134 cm³/mol. The van der Waals surface area contributed by atoms with Crippen LogP contribution in [0, 0.1) is 6.92 Å². The molecule has 0 amide bonds. The lowest BCUT2D eigenvalue weighted by atomic mass is 10.1. The van der Waals surface area contributed by atoms with Crippen LogP contribution >= 0.6 is 0 Å². The molecule has 9 nitrogen and oxygen atoms in total. The summed E-state index contributed by atoms with van der Waals surface area (Å²) < 4.78 is 33.0. The lowest BCUT2D eigenvalue weighted by Crippen LogP contribution is -2.36. The van der Waals surface area contributed by atoms with Gasteiger partial charge in [0.1, 0.15) is 5.82 Å². The van der Waals surface area contributed by atoms with E-state index in [0.29, 0.717) is 11.5 Å². The van der Waals surface area contributed by atoms with Crippen LogP contribution in [0.1, 0.15) is 5.56 Å². The average molecular weight is 479 g/mol. The number of hydrogen-bond acceptors (Lipinski definition) is 7. The Morgan fingerprint density at radius 2 is 1.79 bits per heavy atom. The first kappa shape index (κ1) is 22.2. The van der Waals surface area contributed by atoms with Gasteiger partial charge in [-0.2, -0.15) is 5.10 Å². The first-order valence-corrected chi connectivity index (χ1v) is 12.9. The highest BCUT2D eigenvalue weighted by Gasteiger charge is 2.13. The summed E-state index contributed by atoms with van der Waals surface area (Å²) >= 11 is 0. The molecular weight excluding hydrogens is 452 g/mol. The fraction of sp³-hybridized carbons (Fsp3) is 0.250. The largest absolute Gasteiger partial charge is 0.378 e. The van der Waals surface area contributed by atoms with Gasteiger partial charge in [-0.1, -0.05) is 18.2 Å². The Labute approximate surface area is 198 Å². The van der Waals surface area contributed by atoms with Crippen molar-refractivity contribution in [3.05, 3.63) is 66.5 Å². The molecule has 0 unspecified atom stereocenters. The monoisotopic (exact) mass is 478 g/mol. The molecule has 1 saturated heterocycles. The second kappa shape index (κ2) is 8.96. The zero-order valence-electron chi connectivity index (χ0n) is 19.0. The third-order valence-corrected chi connectivity index (χ3v) is 6.32. The number of nitrogens with zero attached hydrogens (tertiary/aromatic N) is 4. The second-order valence-electron chi connectivity index (χ2n) is 8.31. The molecular formula is C24H26N6O3S. The zero-order chi connectivity index (χ0) is 23.7. The molecule has 0 spiro atoms. The molecule has 2 N–H and O–H groups in total. The third-order valence-electron chi connectivity index (χ3n) is 5.73. The van der Waals surface area contributed by atoms with Crippen molar-refractivity contribution in [1.29, 1.82) is 0 Å². The maximum absolute atomic E-state index is 11.7. The molecule has 1 aliphatic rings. The van der Waals surface area contributed by atoms with Crippen molar-refractivity contribution in [3.63, 3.8) is 0 Å². The molecule has 176 valence electrons. The van der Waals surface area contributed by atoms with E-state index in [-0.39, 0.29) is 0 Å². The zero-order valence-corrected chi connectivity index (χ0v) is 19.8. The second-order valence-corrected chi connectivity index (χ2v) is 10.1. The topological polar surface area (TPSA) is 101 Å². The minimum Gasteiger partial charge on any atom is -0.378 e. The van der Waals surface area contributed by atoms with Gasteiger partial charge >= 0.3 is 0 Å². The predicted octanol–water partition coefficient (Wildman–Crippen LogP) is 3.66. The van der Waals surface area contributed by atoms with E-state index < -0.39 is 10.0 Å². The van der Waals surface area contributed by atoms with Crippen LogP contribution in [0.5, 0.6) is 0 Å². The average Bonchev–Trinajstić information content (AvgIpc) is 3.24. The van der Waals surface area contributed by atoms with Gasteiger partial charge in [-0.3, -0.25) is 4.72 Å². The molecule has 0 atom stereocenters. The number of sulfonamides is 1. The Morgan fingerprint density at radius 1 is 1.03 bits per heavy atom. The molecule has 1 fully saturated rings. The summed E-state index contributed by atoms with van der Waals surface area (Å²) in [6.45, 7) is 5.15. The number of aryl methyl sites for hydroxylation is 1. The lowest BCUT2D eigenvalue weighted by Gasteiger charge is -2.28. The minimum atomic E-state index is -3.37. The summed E-state index contributed by atoms with van der Waals surface area (Å²) in [4.78, 5) is 7.09. The van der Waals surface area contributed by atoms with Gasteiger partial charge in [0.25, 0.3) is 0 Å². The number of anilines is 4. The number of hydrogen-bond donors (Lipinski definition) is 2. The highest BCUT2D eigenvalue weighted by molar-refractivity contribution is 7.92. The van der Waals surface area contributed by atoms with Crippen molar-refractivity contribution < 1.29 is 13.2 Å². The molecule has 10 heteroatoms. The number of nitrogens with one attached hydrogen (secondary N) is 2. The molecule has 4 aromatic rings. The summed E-state index contributed by atoms with van der Waals surface area (Å²) in [6, 6.07) is 15.7. The van der Waals surface area contributed by atoms with Crippen LogP contribution in [-0.4, -0.2) is 55.6 Å². The molecule has 34 heavy (non-hydrogen) atoms. The van der Waals surface area contributed by atoms with Crippen molar-refractivity contribution in [3.8, 4) is 11.1 Å². The summed E-state index contributed by atoms with van der Waals surface area (Å²) in [7, 11) is -3.37. The minimum absolute atomic E-state index is 0.527. The van der Waals surface area contributed by atoms with Crippen molar-refractivity contribution >= 4 is 38.6 Å². The van der Waals surface area contributed by atoms with Gasteiger partial charge < -0.3 is 15.0 Å². The Hall–Kier alpha value is -3.63. The van der Waals surface area contributed by atoms with Crippen molar-refractivity contribution in [1.82, 2.24) is 14.6 Å². The van der Waals surface area contributed by atoms with Gasteiger partial charge in [0, 0.05) is 36.2 Å². The maximum atomic E-state index is 11.7. The molecule has 0 radical (unpaired) electrons. The van der Waals surface area contributed by atoms with E-state index in [1.54, 1.807) is 10.6 Å². The lowest BCUT2D eigenvalue weighted by molar-refractivity contribution is 0.122. The van der Waals surface area contributed by atoms with E-state index in [9.17, 15) is 8.42 Å². The number of ether oxygens (including phenoxy) is 1. The molecule has 2 aromatic heterocycles. The van der Waals surface area contributed by atoms with Gasteiger partial charge in [0.2, 0.25) is 10.0 Å². The van der Waals surface area contributed by atoms with Crippen LogP contribution in [0.2, 0.25) is 0 Å². The number of benzene rings is 2. The molecule has 0 saturated carbocycles. The quantitative estimate of drug-likeness (QED) is 0.436. The van der Waals surface area contributed by atoms with E-state index in [2.05, 4.69) is 44.3 Å². The van der Waals surface area contributed by atoms with Crippen LogP contribution in [0.25, 0.3) is 16.8 Å². The van der Waals surface area contributed by atoms with Gasteiger partial charge in [0.15, 0.2) is 5.65 Å². The fourth-order valence-corrected chi connectivity index (χ4v) is 4.59. The number of fused-ring (bicyclic) bond motifs is 1. The first-order chi connectivity index (χ1) is 16.4. The Morgan fingerprint density at radius 3 is 2.53 bits per heavy atom. The van der Waals surface area contributed by atoms with Crippen LogP contribution in [0.15, 0.2) is 60.9 Å². The van der Waals surface area contributed by atoms with E-state index in [1.165, 1.54) is 5.69 Å². The van der Waals surface area contributed by atoms with Gasteiger partial charge in [-0.15, -0.1) is 0 Å². The summed E-state index contributed by atoms with van der Waals surface area (Å²) in [5, 5.41) is 7.71.